The molecular formula is C19H22N2O3S. The van der Waals surface area contributed by atoms with Gasteiger partial charge < -0.3 is 5.32 Å². The van der Waals surface area contributed by atoms with Crippen LogP contribution in [-0.2, 0) is 16.4 Å². The lowest BCUT2D eigenvalue weighted by atomic mass is 10.0. The van der Waals surface area contributed by atoms with Crippen LogP contribution in [0.25, 0.3) is 0 Å². The molecule has 0 atom stereocenters. The summed E-state index contributed by atoms with van der Waals surface area (Å²) in [7, 11) is -3.30. The van der Waals surface area contributed by atoms with Gasteiger partial charge in [0.05, 0.1) is 11.9 Å². The molecule has 6 heteroatoms. The summed E-state index contributed by atoms with van der Waals surface area (Å²) < 4.78 is 25.3. The normalized spacial score (nSPS) is 14.1. The Morgan fingerprint density at radius 2 is 1.88 bits per heavy atom. The zero-order valence-electron chi connectivity index (χ0n) is 14.7. The Balaban J connectivity index is 1.88. The lowest BCUT2D eigenvalue weighted by Crippen LogP contribution is -2.34. The van der Waals surface area contributed by atoms with Crippen molar-refractivity contribution in [1.82, 2.24) is 0 Å². The molecule has 0 saturated carbocycles. The minimum absolute atomic E-state index is 0.189. The lowest BCUT2D eigenvalue weighted by molar-refractivity contribution is 0.102. The average molecular weight is 358 g/mol. The van der Waals surface area contributed by atoms with E-state index in [9.17, 15) is 13.2 Å². The van der Waals surface area contributed by atoms with Crippen molar-refractivity contribution < 1.29 is 13.2 Å². The second kappa shape index (κ2) is 6.52. The summed E-state index contributed by atoms with van der Waals surface area (Å²) in [6.45, 7) is 4.45. The number of nitrogens with one attached hydrogen (secondary N) is 1. The van der Waals surface area contributed by atoms with E-state index in [0.717, 1.165) is 35.2 Å². The van der Waals surface area contributed by atoms with Gasteiger partial charge in [0.2, 0.25) is 10.0 Å². The second-order valence-corrected chi connectivity index (χ2v) is 8.46. The van der Waals surface area contributed by atoms with Crippen LogP contribution in [-0.4, -0.2) is 27.1 Å². The van der Waals surface area contributed by atoms with Crippen molar-refractivity contribution in [3.63, 3.8) is 0 Å². The van der Waals surface area contributed by atoms with E-state index in [0.29, 0.717) is 17.8 Å². The van der Waals surface area contributed by atoms with E-state index in [1.54, 1.807) is 18.2 Å². The van der Waals surface area contributed by atoms with E-state index in [-0.39, 0.29) is 5.91 Å². The molecule has 5 nitrogen and oxygen atoms in total. The van der Waals surface area contributed by atoms with Crippen molar-refractivity contribution in [2.45, 2.75) is 26.7 Å². The summed E-state index contributed by atoms with van der Waals surface area (Å²) >= 11 is 0. The fraction of sp³-hybridized carbons (Fsp3) is 0.316. The van der Waals surface area contributed by atoms with E-state index in [1.165, 1.54) is 10.6 Å². The third-order valence-corrected chi connectivity index (χ3v) is 5.63. The largest absolute Gasteiger partial charge is 0.322 e. The van der Waals surface area contributed by atoms with Gasteiger partial charge in [-0.1, -0.05) is 17.7 Å². The molecule has 2 aromatic rings. The lowest BCUT2D eigenvalue weighted by Gasteiger charge is -2.29. The van der Waals surface area contributed by atoms with Gasteiger partial charge in [0.15, 0.2) is 0 Å². The molecule has 0 radical (unpaired) electrons. The SMILES string of the molecule is Cc1ccc(NC(=O)c2ccc3c(c2)CCCN3S(C)(=O)=O)c(C)c1. The van der Waals surface area contributed by atoms with E-state index in [1.807, 2.05) is 32.0 Å². The Bertz CT molecular complexity index is 936. The Hall–Kier alpha value is -2.34. The van der Waals surface area contributed by atoms with Crippen molar-refractivity contribution in [2.75, 3.05) is 22.4 Å². The zero-order valence-corrected chi connectivity index (χ0v) is 15.5. The van der Waals surface area contributed by atoms with E-state index >= 15 is 0 Å². The van der Waals surface area contributed by atoms with Gasteiger partial charge in [-0.05, 0) is 62.1 Å². The van der Waals surface area contributed by atoms with Crippen LogP contribution in [0.1, 0.15) is 33.5 Å². The van der Waals surface area contributed by atoms with Crippen molar-refractivity contribution in [3.8, 4) is 0 Å². The number of aryl methyl sites for hydroxylation is 3. The molecule has 1 amide bonds. The second-order valence-electron chi connectivity index (χ2n) is 6.55. The van der Waals surface area contributed by atoms with Gasteiger partial charge in [-0.3, -0.25) is 9.10 Å². The standard InChI is InChI=1S/C19H22N2O3S/c1-13-6-8-17(14(2)11-13)20-19(22)16-7-9-18-15(12-16)5-4-10-21(18)25(3,23)24/h6-9,11-12H,4-5,10H2,1-3H3,(H,20,22). The van der Waals surface area contributed by atoms with Crippen LogP contribution in [0.3, 0.4) is 0 Å². The Labute approximate surface area is 148 Å². The summed E-state index contributed by atoms with van der Waals surface area (Å²) in [5.41, 5.74) is 5.04. The molecule has 1 aliphatic heterocycles. The average Bonchev–Trinajstić information content (AvgIpc) is 2.55. The number of hydrogen-bond acceptors (Lipinski definition) is 3. The van der Waals surface area contributed by atoms with Crippen LogP contribution in [0.5, 0.6) is 0 Å². The number of rotatable bonds is 3. The summed E-state index contributed by atoms with van der Waals surface area (Å²) in [5.74, 6) is -0.189. The maximum Gasteiger partial charge on any atom is 0.255 e. The smallest absolute Gasteiger partial charge is 0.255 e. The number of anilines is 2. The molecule has 2 aromatic carbocycles. The van der Waals surface area contributed by atoms with Crippen LogP contribution in [0.2, 0.25) is 0 Å². The van der Waals surface area contributed by atoms with Crippen molar-refractivity contribution in [2.24, 2.45) is 0 Å². The highest BCUT2D eigenvalue weighted by atomic mass is 32.2. The summed E-state index contributed by atoms with van der Waals surface area (Å²) in [6, 6.07) is 11.1. The number of amides is 1. The number of sulfonamides is 1. The number of carbonyl (C=O) groups excluding carboxylic acids is 1. The molecule has 0 fully saturated rings. The summed E-state index contributed by atoms with van der Waals surface area (Å²) in [5, 5.41) is 2.93. The fourth-order valence-corrected chi connectivity index (χ4v) is 4.19. The molecule has 0 aromatic heterocycles. The van der Waals surface area contributed by atoms with E-state index < -0.39 is 10.0 Å². The maximum absolute atomic E-state index is 12.6. The molecule has 1 aliphatic rings. The molecule has 25 heavy (non-hydrogen) atoms. The molecule has 1 heterocycles. The molecule has 0 aliphatic carbocycles. The molecular weight excluding hydrogens is 336 g/mol. The van der Waals surface area contributed by atoms with Crippen LogP contribution < -0.4 is 9.62 Å². The predicted molar refractivity (Wildman–Crippen MR) is 101 cm³/mol. The monoisotopic (exact) mass is 358 g/mol. The molecule has 0 bridgehead atoms. The van der Waals surface area contributed by atoms with Gasteiger partial charge in [-0.25, -0.2) is 8.42 Å². The minimum Gasteiger partial charge on any atom is -0.322 e. The number of nitrogens with zero attached hydrogens (tertiary/aromatic N) is 1. The van der Waals surface area contributed by atoms with Crippen molar-refractivity contribution in [1.29, 1.82) is 0 Å². The highest BCUT2D eigenvalue weighted by Crippen LogP contribution is 2.30. The Kier molecular flexibility index (Phi) is 4.56. The van der Waals surface area contributed by atoms with Crippen molar-refractivity contribution >= 4 is 27.3 Å². The highest BCUT2D eigenvalue weighted by Gasteiger charge is 2.24. The first-order valence-corrected chi connectivity index (χ1v) is 10.1. The summed E-state index contributed by atoms with van der Waals surface area (Å²) in [4.78, 5) is 12.6. The van der Waals surface area contributed by atoms with Crippen LogP contribution in [0.4, 0.5) is 11.4 Å². The topological polar surface area (TPSA) is 66.5 Å². The molecule has 0 unspecified atom stereocenters. The first kappa shape index (κ1) is 17.5. The van der Waals surface area contributed by atoms with Crippen LogP contribution in [0.15, 0.2) is 36.4 Å². The van der Waals surface area contributed by atoms with Crippen molar-refractivity contribution in [3.05, 3.63) is 58.7 Å². The van der Waals surface area contributed by atoms with Gasteiger partial charge in [-0.15, -0.1) is 0 Å². The quantitative estimate of drug-likeness (QED) is 0.916. The van der Waals surface area contributed by atoms with E-state index in [4.69, 9.17) is 0 Å². The fourth-order valence-electron chi connectivity index (χ4n) is 3.20. The third-order valence-electron chi connectivity index (χ3n) is 4.45. The first-order valence-electron chi connectivity index (χ1n) is 8.25. The number of hydrogen-bond donors (Lipinski definition) is 1. The zero-order chi connectivity index (χ0) is 18.2. The maximum atomic E-state index is 12.6. The van der Waals surface area contributed by atoms with Crippen LogP contribution in [0, 0.1) is 13.8 Å². The molecule has 0 spiro atoms. The number of benzene rings is 2. The van der Waals surface area contributed by atoms with Crippen LogP contribution >= 0.6 is 0 Å². The van der Waals surface area contributed by atoms with Gasteiger partial charge in [0, 0.05) is 17.8 Å². The molecule has 3 rings (SSSR count). The van der Waals surface area contributed by atoms with Gasteiger partial charge >= 0.3 is 0 Å². The number of fused-ring (bicyclic) bond motifs is 1. The third kappa shape index (κ3) is 3.69. The minimum atomic E-state index is -3.30. The number of carbonyl (C=O) groups is 1. The first-order chi connectivity index (χ1) is 11.8. The van der Waals surface area contributed by atoms with Gasteiger partial charge in [0.25, 0.3) is 5.91 Å². The molecule has 0 saturated heterocycles. The molecule has 1 N–H and O–H groups in total. The summed E-state index contributed by atoms with van der Waals surface area (Å²) in [6.07, 6.45) is 2.73. The highest BCUT2D eigenvalue weighted by molar-refractivity contribution is 7.92. The predicted octanol–water partition coefficient (Wildman–Crippen LogP) is 3.27. The van der Waals surface area contributed by atoms with Gasteiger partial charge in [0.1, 0.15) is 0 Å². The van der Waals surface area contributed by atoms with Gasteiger partial charge in [-0.2, -0.15) is 0 Å². The molecule has 132 valence electrons. The Morgan fingerprint density at radius 1 is 1.12 bits per heavy atom. The Morgan fingerprint density at radius 3 is 2.56 bits per heavy atom. The van der Waals surface area contributed by atoms with E-state index in [2.05, 4.69) is 5.32 Å².